The van der Waals surface area contributed by atoms with E-state index >= 15 is 0 Å². The Kier molecular flexibility index (Phi) is 3.04. The molecule has 0 spiro atoms. The van der Waals surface area contributed by atoms with Gasteiger partial charge in [-0.25, -0.2) is 0 Å². The van der Waals surface area contributed by atoms with Crippen molar-refractivity contribution in [2.45, 2.75) is 18.9 Å². The summed E-state index contributed by atoms with van der Waals surface area (Å²) < 4.78 is 2.60. The van der Waals surface area contributed by atoms with Gasteiger partial charge in [0, 0.05) is 14.9 Å². The second kappa shape index (κ2) is 4.90. The molecule has 1 aromatic heterocycles. The Labute approximate surface area is 130 Å². The number of rotatable bonds is 2. The van der Waals surface area contributed by atoms with Gasteiger partial charge in [-0.1, -0.05) is 28.1 Å². The zero-order valence-electron chi connectivity index (χ0n) is 10.9. The lowest BCUT2D eigenvalue weighted by Crippen LogP contribution is -2.06. The summed E-state index contributed by atoms with van der Waals surface area (Å²) >= 11 is 5.46. The maximum Gasteiger partial charge on any atom is 0.0520 e. The fraction of sp³-hybridized carbons (Fsp3) is 0.176. The summed E-state index contributed by atoms with van der Waals surface area (Å²) in [5.74, 6) is 0. The van der Waals surface area contributed by atoms with E-state index in [0.29, 0.717) is 6.04 Å². The molecule has 1 aliphatic carbocycles. The van der Waals surface area contributed by atoms with Gasteiger partial charge in [0.15, 0.2) is 0 Å². The molecular weight excluding hydrogens is 330 g/mol. The van der Waals surface area contributed by atoms with Crippen molar-refractivity contribution in [2.24, 2.45) is 0 Å². The van der Waals surface area contributed by atoms with Gasteiger partial charge in [-0.3, -0.25) is 0 Å². The second-order valence-corrected chi connectivity index (χ2v) is 7.02. The van der Waals surface area contributed by atoms with Gasteiger partial charge in [0.25, 0.3) is 0 Å². The SMILES string of the molecule is Brc1cccc2c1CCC2Nc1ccc2sccc2c1. The lowest BCUT2D eigenvalue weighted by atomic mass is 10.1. The van der Waals surface area contributed by atoms with Crippen molar-refractivity contribution in [3.63, 3.8) is 0 Å². The zero-order chi connectivity index (χ0) is 13.5. The molecule has 4 rings (SSSR count). The van der Waals surface area contributed by atoms with Crippen LogP contribution in [-0.4, -0.2) is 0 Å². The first-order valence-electron chi connectivity index (χ1n) is 6.82. The first-order valence-corrected chi connectivity index (χ1v) is 8.49. The molecule has 3 heteroatoms. The molecule has 0 radical (unpaired) electrons. The van der Waals surface area contributed by atoms with Crippen LogP contribution in [0.1, 0.15) is 23.6 Å². The van der Waals surface area contributed by atoms with Gasteiger partial charge in [0.1, 0.15) is 0 Å². The van der Waals surface area contributed by atoms with Crippen LogP contribution in [0.4, 0.5) is 5.69 Å². The van der Waals surface area contributed by atoms with E-state index in [2.05, 4.69) is 69.1 Å². The van der Waals surface area contributed by atoms with E-state index < -0.39 is 0 Å². The summed E-state index contributed by atoms with van der Waals surface area (Å²) in [4.78, 5) is 0. The molecule has 1 N–H and O–H groups in total. The normalized spacial score (nSPS) is 17.4. The van der Waals surface area contributed by atoms with Gasteiger partial charge in [0.2, 0.25) is 0 Å². The summed E-state index contributed by atoms with van der Waals surface area (Å²) in [7, 11) is 0. The monoisotopic (exact) mass is 343 g/mol. The van der Waals surface area contributed by atoms with Crippen LogP contribution in [0.3, 0.4) is 0 Å². The third-order valence-electron chi connectivity index (χ3n) is 4.01. The molecule has 1 atom stereocenters. The number of anilines is 1. The average molecular weight is 344 g/mol. The van der Waals surface area contributed by atoms with Crippen molar-refractivity contribution in [3.8, 4) is 0 Å². The lowest BCUT2D eigenvalue weighted by Gasteiger charge is -2.16. The highest BCUT2D eigenvalue weighted by Crippen LogP contribution is 2.38. The van der Waals surface area contributed by atoms with Crippen LogP contribution in [-0.2, 0) is 6.42 Å². The van der Waals surface area contributed by atoms with Crippen LogP contribution in [0.25, 0.3) is 10.1 Å². The van der Waals surface area contributed by atoms with Crippen molar-refractivity contribution in [1.82, 2.24) is 0 Å². The Bertz CT molecular complexity index is 778. The van der Waals surface area contributed by atoms with E-state index in [1.54, 1.807) is 11.3 Å². The minimum atomic E-state index is 0.429. The Morgan fingerprint density at radius 2 is 2.10 bits per heavy atom. The van der Waals surface area contributed by atoms with Crippen molar-refractivity contribution >= 4 is 43.0 Å². The summed E-state index contributed by atoms with van der Waals surface area (Å²) in [5, 5.41) is 7.17. The first kappa shape index (κ1) is 12.4. The van der Waals surface area contributed by atoms with Crippen molar-refractivity contribution in [3.05, 3.63) is 63.4 Å². The van der Waals surface area contributed by atoms with Crippen LogP contribution >= 0.6 is 27.3 Å². The second-order valence-electron chi connectivity index (χ2n) is 5.22. The molecule has 0 saturated carbocycles. The van der Waals surface area contributed by atoms with E-state index in [0.717, 1.165) is 6.42 Å². The molecule has 0 amide bonds. The molecule has 0 fully saturated rings. The minimum Gasteiger partial charge on any atom is -0.378 e. The quantitative estimate of drug-likeness (QED) is 0.623. The predicted molar refractivity (Wildman–Crippen MR) is 90.7 cm³/mol. The number of halogens is 1. The highest BCUT2D eigenvalue weighted by Gasteiger charge is 2.23. The number of thiophene rings is 1. The van der Waals surface area contributed by atoms with Crippen molar-refractivity contribution in [1.29, 1.82) is 0 Å². The Morgan fingerprint density at radius 3 is 3.05 bits per heavy atom. The molecule has 2 aromatic carbocycles. The molecule has 1 aliphatic rings. The van der Waals surface area contributed by atoms with Crippen molar-refractivity contribution < 1.29 is 0 Å². The molecule has 0 aliphatic heterocycles. The maximum absolute atomic E-state index is 3.69. The van der Waals surface area contributed by atoms with Crippen LogP contribution in [0, 0.1) is 0 Å². The van der Waals surface area contributed by atoms with E-state index in [9.17, 15) is 0 Å². The van der Waals surface area contributed by atoms with Gasteiger partial charge in [-0.15, -0.1) is 11.3 Å². The van der Waals surface area contributed by atoms with Crippen LogP contribution in [0.5, 0.6) is 0 Å². The summed E-state index contributed by atoms with van der Waals surface area (Å²) in [6.07, 6.45) is 2.31. The Balaban J connectivity index is 1.66. The number of hydrogen-bond acceptors (Lipinski definition) is 2. The van der Waals surface area contributed by atoms with E-state index in [1.165, 1.54) is 37.8 Å². The predicted octanol–water partition coefficient (Wildman–Crippen LogP) is 5.76. The topological polar surface area (TPSA) is 12.0 Å². The molecule has 1 heterocycles. The lowest BCUT2D eigenvalue weighted by molar-refractivity contribution is 0.762. The van der Waals surface area contributed by atoms with E-state index in [1.807, 2.05) is 0 Å². The summed E-state index contributed by atoms with van der Waals surface area (Å²) in [5.41, 5.74) is 4.11. The first-order chi connectivity index (χ1) is 9.81. The van der Waals surface area contributed by atoms with E-state index in [-0.39, 0.29) is 0 Å². The molecule has 0 saturated heterocycles. The number of fused-ring (bicyclic) bond motifs is 2. The third-order valence-corrected chi connectivity index (χ3v) is 5.65. The molecule has 0 bridgehead atoms. The summed E-state index contributed by atoms with van der Waals surface area (Å²) in [6.45, 7) is 0. The largest absolute Gasteiger partial charge is 0.378 e. The molecular formula is C17H14BrNS. The third kappa shape index (κ3) is 2.05. The fourth-order valence-electron chi connectivity index (χ4n) is 3.02. The smallest absolute Gasteiger partial charge is 0.0520 e. The van der Waals surface area contributed by atoms with Gasteiger partial charge >= 0.3 is 0 Å². The standard InChI is InChI=1S/C17H14BrNS/c18-15-3-1-2-14-13(15)5-6-16(14)19-12-4-7-17-11(10-12)8-9-20-17/h1-4,7-10,16,19H,5-6H2. The molecule has 1 nitrogen and oxygen atoms in total. The van der Waals surface area contributed by atoms with E-state index in [4.69, 9.17) is 0 Å². The van der Waals surface area contributed by atoms with Gasteiger partial charge in [-0.2, -0.15) is 0 Å². The fourth-order valence-corrected chi connectivity index (χ4v) is 4.37. The maximum atomic E-state index is 3.69. The van der Waals surface area contributed by atoms with Gasteiger partial charge in [0.05, 0.1) is 6.04 Å². The zero-order valence-corrected chi connectivity index (χ0v) is 13.3. The number of hydrogen-bond donors (Lipinski definition) is 1. The van der Waals surface area contributed by atoms with Crippen LogP contribution in [0.2, 0.25) is 0 Å². The highest BCUT2D eigenvalue weighted by molar-refractivity contribution is 9.10. The Hall–Kier alpha value is -1.32. The molecule has 100 valence electrons. The highest BCUT2D eigenvalue weighted by atomic mass is 79.9. The van der Waals surface area contributed by atoms with Crippen LogP contribution in [0.15, 0.2) is 52.3 Å². The minimum absolute atomic E-state index is 0.429. The summed E-state index contributed by atoms with van der Waals surface area (Å²) in [6, 6.07) is 15.8. The molecule has 1 unspecified atom stereocenters. The number of benzene rings is 2. The van der Waals surface area contributed by atoms with Crippen molar-refractivity contribution in [2.75, 3.05) is 5.32 Å². The van der Waals surface area contributed by atoms with Crippen LogP contribution < -0.4 is 5.32 Å². The molecule has 20 heavy (non-hydrogen) atoms. The molecule has 3 aromatic rings. The average Bonchev–Trinajstić information content (AvgIpc) is 3.06. The number of nitrogens with one attached hydrogen (secondary N) is 1. The Morgan fingerprint density at radius 1 is 1.15 bits per heavy atom. The van der Waals surface area contributed by atoms with Gasteiger partial charge < -0.3 is 5.32 Å². The van der Waals surface area contributed by atoms with Gasteiger partial charge in [-0.05, 0) is 65.1 Å².